The number of likely N-dealkylation sites (N-methyl/N-ethyl adjacent to an activating group) is 1. The fourth-order valence-corrected chi connectivity index (χ4v) is 3.72. The number of hydrogen-bond acceptors (Lipinski definition) is 3. The Kier molecular flexibility index (Phi) is 4.99. The molecule has 1 aliphatic rings. The van der Waals surface area contributed by atoms with Crippen LogP contribution in [0.2, 0.25) is 0 Å². The Labute approximate surface area is 119 Å². The van der Waals surface area contributed by atoms with Crippen LogP contribution in [-0.2, 0) is 12.8 Å². The summed E-state index contributed by atoms with van der Waals surface area (Å²) in [6, 6.07) is 2.21. The van der Waals surface area contributed by atoms with Crippen LogP contribution in [0.25, 0.3) is 0 Å². The molecule has 0 fully saturated rings. The number of aryl methyl sites for hydroxylation is 2. The van der Waals surface area contributed by atoms with Crippen molar-refractivity contribution in [3.63, 3.8) is 0 Å². The zero-order valence-electron chi connectivity index (χ0n) is 11.9. The van der Waals surface area contributed by atoms with E-state index in [2.05, 4.69) is 6.07 Å². The zero-order valence-corrected chi connectivity index (χ0v) is 12.8. The molecule has 0 aromatic carbocycles. The van der Waals surface area contributed by atoms with E-state index in [9.17, 15) is 4.79 Å². The number of carbonyl (C=O) groups is 1. The normalized spacial score (nSPS) is 17.2. The van der Waals surface area contributed by atoms with Gasteiger partial charge in [-0.25, -0.2) is 0 Å². The van der Waals surface area contributed by atoms with Gasteiger partial charge in [0.1, 0.15) is 0 Å². The van der Waals surface area contributed by atoms with E-state index < -0.39 is 0 Å². The van der Waals surface area contributed by atoms with Crippen LogP contribution in [0, 0.1) is 0 Å². The molecule has 0 saturated heterocycles. The van der Waals surface area contributed by atoms with Crippen molar-refractivity contribution in [3.8, 4) is 0 Å². The summed E-state index contributed by atoms with van der Waals surface area (Å²) in [6.45, 7) is 2.49. The van der Waals surface area contributed by atoms with Gasteiger partial charge in [0.15, 0.2) is 0 Å². The van der Waals surface area contributed by atoms with Gasteiger partial charge in [-0.15, -0.1) is 11.3 Å². The molecule has 4 heteroatoms. The Morgan fingerprint density at radius 3 is 2.74 bits per heavy atom. The Morgan fingerprint density at radius 1 is 1.37 bits per heavy atom. The number of nitrogens with two attached hydrogens (primary N) is 1. The lowest BCUT2D eigenvalue weighted by Gasteiger charge is -2.22. The minimum atomic E-state index is 0.0946. The van der Waals surface area contributed by atoms with Crippen molar-refractivity contribution >= 4 is 17.2 Å². The predicted molar refractivity (Wildman–Crippen MR) is 80.8 cm³/mol. The molecule has 106 valence electrons. The van der Waals surface area contributed by atoms with E-state index in [1.807, 2.05) is 14.0 Å². The molecule has 0 spiro atoms. The smallest absolute Gasteiger partial charge is 0.263 e. The molecular formula is C15H24N2OS. The first-order valence-electron chi connectivity index (χ1n) is 7.22. The molecule has 1 unspecified atom stereocenters. The molecule has 1 amide bonds. The highest BCUT2D eigenvalue weighted by atomic mass is 32.1. The Morgan fingerprint density at radius 2 is 2.05 bits per heavy atom. The van der Waals surface area contributed by atoms with Gasteiger partial charge in [-0.1, -0.05) is 12.8 Å². The maximum absolute atomic E-state index is 12.4. The standard InChI is InChI=1S/C15H24N2OS/c1-11(10-16)17(2)15(18)14-9-12-7-5-3-4-6-8-13(12)19-14/h9,11H,3-8,10,16H2,1-2H3. The number of thiophene rings is 1. The molecular weight excluding hydrogens is 256 g/mol. The lowest BCUT2D eigenvalue weighted by Crippen LogP contribution is -2.39. The zero-order chi connectivity index (χ0) is 13.8. The minimum Gasteiger partial charge on any atom is -0.337 e. The van der Waals surface area contributed by atoms with E-state index in [0.29, 0.717) is 6.54 Å². The average Bonchev–Trinajstić information content (AvgIpc) is 2.78. The van der Waals surface area contributed by atoms with E-state index in [4.69, 9.17) is 5.73 Å². The number of fused-ring (bicyclic) bond motifs is 1. The topological polar surface area (TPSA) is 46.3 Å². The number of rotatable bonds is 3. The largest absolute Gasteiger partial charge is 0.337 e. The lowest BCUT2D eigenvalue weighted by molar-refractivity contribution is 0.0753. The molecule has 2 rings (SSSR count). The van der Waals surface area contributed by atoms with E-state index in [0.717, 1.165) is 17.7 Å². The summed E-state index contributed by atoms with van der Waals surface area (Å²) >= 11 is 1.69. The van der Waals surface area contributed by atoms with Crippen LogP contribution in [-0.4, -0.2) is 30.4 Å². The van der Waals surface area contributed by atoms with Crippen LogP contribution < -0.4 is 5.73 Å². The second kappa shape index (κ2) is 6.53. The molecule has 0 aliphatic heterocycles. The number of hydrogen-bond donors (Lipinski definition) is 1. The highest BCUT2D eigenvalue weighted by Gasteiger charge is 2.20. The van der Waals surface area contributed by atoms with Gasteiger partial charge in [-0.2, -0.15) is 0 Å². The van der Waals surface area contributed by atoms with Gasteiger partial charge < -0.3 is 10.6 Å². The van der Waals surface area contributed by atoms with E-state index >= 15 is 0 Å². The molecule has 0 radical (unpaired) electrons. The third kappa shape index (κ3) is 3.37. The van der Waals surface area contributed by atoms with Crippen LogP contribution in [0.4, 0.5) is 0 Å². The second-order valence-corrected chi connectivity index (χ2v) is 6.61. The van der Waals surface area contributed by atoms with E-state index in [1.54, 1.807) is 16.2 Å². The fourth-order valence-electron chi connectivity index (χ4n) is 2.48. The summed E-state index contributed by atoms with van der Waals surface area (Å²) in [5.41, 5.74) is 7.04. The molecule has 1 atom stereocenters. The van der Waals surface area contributed by atoms with Crippen molar-refractivity contribution < 1.29 is 4.79 Å². The van der Waals surface area contributed by atoms with Gasteiger partial charge in [0.2, 0.25) is 0 Å². The third-order valence-corrected chi connectivity index (χ3v) is 5.26. The van der Waals surface area contributed by atoms with Crippen molar-refractivity contribution in [1.82, 2.24) is 4.90 Å². The molecule has 2 N–H and O–H groups in total. The lowest BCUT2D eigenvalue weighted by atomic mass is 10.00. The van der Waals surface area contributed by atoms with Gasteiger partial charge >= 0.3 is 0 Å². The number of carbonyl (C=O) groups excluding carboxylic acids is 1. The van der Waals surface area contributed by atoms with Crippen molar-refractivity contribution in [2.45, 2.75) is 51.5 Å². The van der Waals surface area contributed by atoms with Crippen LogP contribution in [0.5, 0.6) is 0 Å². The van der Waals surface area contributed by atoms with E-state index in [-0.39, 0.29) is 11.9 Å². The summed E-state index contributed by atoms with van der Waals surface area (Å²) in [7, 11) is 1.84. The van der Waals surface area contributed by atoms with Crippen molar-refractivity contribution in [3.05, 3.63) is 21.4 Å². The maximum atomic E-state index is 12.4. The monoisotopic (exact) mass is 280 g/mol. The molecule has 1 aliphatic carbocycles. The number of nitrogens with zero attached hydrogens (tertiary/aromatic N) is 1. The number of amides is 1. The first kappa shape index (κ1) is 14.5. The van der Waals surface area contributed by atoms with Crippen molar-refractivity contribution in [2.75, 3.05) is 13.6 Å². The molecule has 19 heavy (non-hydrogen) atoms. The van der Waals surface area contributed by atoms with Crippen LogP contribution >= 0.6 is 11.3 Å². The molecule has 1 aromatic heterocycles. The Bertz CT molecular complexity index is 416. The summed E-state index contributed by atoms with van der Waals surface area (Å²) in [4.78, 5) is 16.5. The van der Waals surface area contributed by atoms with E-state index in [1.165, 1.54) is 36.1 Å². The second-order valence-electron chi connectivity index (χ2n) is 5.47. The summed E-state index contributed by atoms with van der Waals surface area (Å²) < 4.78 is 0. The Hall–Kier alpha value is -0.870. The molecule has 1 aromatic rings. The van der Waals surface area contributed by atoms with Crippen LogP contribution in [0.1, 0.15) is 52.7 Å². The third-order valence-electron chi connectivity index (χ3n) is 4.03. The molecule has 3 nitrogen and oxygen atoms in total. The van der Waals surface area contributed by atoms with Crippen LogP contribution in [0.3, 0.4) is 0 Å². The summed E-state index contributed by atoms with van der Waals surface area (Å²) in [6.07, 6.45) is 7.44. The highest BCUT2D eigenvalue weighted by molar-refractivity contribution is 7.14. The van der Waals surface area contributed by atoms with Gasteiger partial charge in [-0.3, -0.25) is 4.79 Å². The fraction of sp³-hybridized carbons (Fsp3) is 0.667. The average molecular weight is 280 g/mol. The van der Waals surface area contributed by atoms with Gasteiger partial charge in [0, 0.05) is 24.5 Å². The Balaban J connectivity index is 2.16. The van der Waals surface area contributed by atoms with Crippen molar-refractivity contribution in [1.29, 1.82) is 0 Å². The molecule has 0 saturated carbocycles. The molecule has 1 heterocycles. The van der Waals surface area contributed by atoms with Gasteiger partial charge in [0.25, 0.3) is 5.91 Å². The summed E-state index contributed by atoms with van der Waals surface area (Å²) in [5.74, 6) is 0.120. The predicted octanol–water partition coefficient (Wildman–Crippen LogP) is 2.83. The van der Waals surface area contributed by atoms with Crippen molar-refractivity contribution in [2.24, 2.45) is 5.73 Å². The summed E-state index contributed by atoms with van der Waals surface area (Å²) in [5, 5.41) is 0. The van der Waals surface area contributed by atoms with Crippen LogP contribution in [0.15, 0.2) is 6.07 Å². The van der Waals surface area contributed by atoms with Gasteiger partial charge in [-0.05, 0) is 44.2 Å². The quantitative estimate of drug-likeness (QED) is 0.925. The van der Waals surface area contributed by atoms with Gasteiger partial charge in [0.05, 0.1) is 4.88 Å². The molecule has 0 bridgehead atoms. The SMILES string of the molecule is CC(CN)N(C)C(=O)c1cc2c(s1)CCCCCC2. The minimum absolute atomic E-state index is 0.0946. The maximum Gasteiger partial charge on any atom is 0.263 e. The first-order valence-corrected chi connectivity index (χ1v) is 8.04. The highest BCUT2D eigenvalue weighted by Crippen LogP contribution is 2.29. The first-order chi connectivity index (χ1) is 9.13.